The maximum atomic E-state index is 13.3. The van der Waals surface area contributed by atoms with Crippen LogP contribution >= 0.6 is 0 Å². The first-order valence-electron chi connectivity index (χ1n) is 16.4. The van der Waals surface area contributed by atoms with Crippen LogP contribution in [0.2, 0.25) is 0 Å². The third-order valence-electron chi connectivity index (χ3n) is 8.90. The summed E-state index contributed by atoms with van der Waals surface area (Å²) < 4.78 is 24.1. The Morgan fingerprint density at radius 2 is 1.33 bits per heavy atom. The zero-order chi connectivity index (χ0) is 33.9. The molecule has 0 saturated heterocycles. The summed E-state index contributed by atoms with van der Waals surface area (Å²) in [6.07, 6.45) is 2.43. The quantitative estimate of drug-likeness (QED) is 0.0535. The molecular weight excluding hydrogens is 618 g/mol. The van der Waals surface area contributed by atoms with Gasteiger partial charge in [-0.05, 0) is 58.3 Å². The maximum absolute atomic E-state index is 13.3. The molecule has 6 aromatic rings. The molecule has 0 bridgehead atoms. The van der Waals surface area contributed by atoms with Gasteiger partial charge in [-0.1, -0.05) is 80.1 Å². The third kappa shape index (κ3) is 5.74. The molecule has 7 rings (SSSR count). The van der Waals surface area contributed by atoms with E-state index in [-0.39, 0.29) is 31.8 Å². The predicted octanol–water partition coefficient (Wildman–Crippen LogP) is 8.46. The fraction of sp³-hybridized carbons (Fsp3) is 0.195. The SMILES string of the molecule is CCCCN1C(=O)c2cccc3c(OCCOc4ccc5ccccc5c4-c4c(OCOC)c(C=O)cc5ccccc45)ccc(c23)C1=O. The minimum absolute atomic E-state index is 0.0383. The van der Waals surface area contributed by atoms with Gasteiger partial charge in [0.2, 0.25) is 0 Å². The molecule has 1 aliphatic rings. The van der Waals surface area contributed by atoms with Crippen molar-refractivity contribution in [1.82, 2.24) is 4.90 Å². The van der Waals surface area contributed by atoms with Crippen molar-refractivity contribution in [3.8, 4) is 28.4 Å². The summed E-state index contributed by atoms with van der Waals surface area (Å²) in [6.45, 7) is 2.77. The molecule has 0 spiro atoms. The minimum atomic E-state index is -0.277. The van der Waals surface area contributed by atoms with E-state index in [2.05, 4.69) is 0 Å². The van der Waals surface area contributed by atoms with Crippen LogP contribution in [0.15, 0.2) is 97.1 Å². The van der Waals surface area contributed by atoms with E-state index in [1.54, 1.807) is 18.2 Å². The number of nitrogens with zero attached hydrogens (tertiary/aromatic N) is 1. The van der Waals surface area contributed by atoms with Gasteiger partial charge in [0.05, 0.1) is 5.56 Å². The van der Waals surface area contributed by atoms with Gasteiger partial charge >= 0.3 is 0 Å². The van der Waals surface area contributed by atoms with Gasteiger partial charge in [0.25, 0.3) is 11.8 Å². The normalized spacial score (nSPS) is 12.6. The van der Waals surface area contributed by atoms with Crippen LogP contribution in [0.5, 0.6) is 17.2 Å². The molecule has 0 radical (unpaired) electrons. The van der Waals surface area contributed by atoms with Crippen LogP contribution in [0, 0.1) is 0 Å². The average molecular weight is 654 g/mol. The van der Waals surface area contributed by atoms with Gasteiger partial charge in [0.1, 0.15) is 30.5 Å². The summed E-state index contributed by atoms with van der Waals surface area (Å²) in [5.74, 6) is 1.01. The smallest absolute Gasteiger partial charge is 0.261 e. The first-order chi connectivity index (χ1) is 24.0. The lowest BCUT2D eigenvalue weighted by atomic mass is 9.90. The Labute approximate surface area is 283 Å². The summed E-state index contributed by atoms with van der Waals surface area (Å²) in [5.41, 5.74) is 2.93. The van der Waals surface area contributed by atoms with E-state index in [1.807, 2.05) is 85.8 Å². The molecule has 0 aromatic heterocycles. The van der Waals surface area contributed by atoms with Crippen molar-refractivity contribution < 1.29 is 33.3 Å². The van der Waals surface area contributed by atoms with Gasteiger partial charge in [0, 0.05) is 46.7 Å². The van der Waals surface area contributed by atoms with Crippen LogP contribution in [-0.2, 0) is 4.74 Å². The van der Waals surface area contributed by atoms with E-state index < -0.39 is 0 Å². The maximum Gasteiger partial charge on any atom is 0.261 e. The second kappa shape index (κ2) is 13.8. The van der Waals surface area contributed by atoms with E-state index >= 15 is 0 Å². The average Bonchev–Trinajstić information content (AvgIpc) is 3.14. The summed E-state index contributed by atoms with van der Waals surface area (Å²) in [7, 11) is 1.54. The monoisotopic (exact) mass is 653 g/mol. The number of carbonyl (C=O) groups excluding carboxylic acids is 3. The van der Waals surface area contributed by atoms with E-state index in [0.717, 1.165) is 51.8 Å². The number of carbonyl (C=O) groups is 3. The second-order valence-corrected chi connectivity index (χ2v) is 11.9. The predicted molar refractivity (Wildman–Crippen MR) is 190 cm³/mol. The van der Waals surface area contributed by atoms with Crippen molar-refractivity contribution in [2.24, 2.45) is 0 Å². The fourth-order valence-electron chi connectivity index (χ4n) is 6.66. The lowest BCUT2D eigenvalue weighted by molar-refractivity contribution is 0.0510. The summed E-state index contributed by atoms with van der Waals surface area (Å²) in [6, 6.07) is 30.6. The number of fused-ring (bicyclic) bond motifs is 2. The Morgan fingerprint density at radius 1 is 0.673 bits per heavy atom. The number of hydrogen-bond acceptors (Lipinski definition) is 7. The number of unbranched alkanes of at least 4 members (excludes halogenated alkanes) is 1. The largest absolute Gasteiger partial charge is 0.489 e. The van der Waals surface area contributed by atoms with Crippen LogP contribution in [0.1, 0.15) is 50.8 Å². The number of methoxy groups -OCH3 is 1. The van der Waals surface area contributed by atoms with Gasteiger partial charge < -0.3 is 18.9 Å². The highest BCUT2D eigenvalue weighted by molar-refractivity contribution is 6.26. The lowest BCUT2D eigenvalue weighted by Crippen LogP contribution is -2.40. The summed E-state index contributed by atoms with van der Waals surface area (Å²) >= 11 is 0. The molecule has 246 valence electrons. The van der Waals surface area contributed by atoms with E-state index in [0.29, 0.717) is 51.3 Å². The zero-order valence-corrected chi connectivity index (χ0v) is 27.4. The Hall–Kier alpha value is -5.73. The van der Waals surface area contributed by atoms with Gasteiger partial charge in [-0.2, -0.15) is 0 Å². The third-order valence-corrected chi connectivity index (χ3v) is 8.90. The summed E-state index contributed by atoms with van der Waals surface area (Å²) in [5, 5.41) is 5.04. The van der Waals surface area contributed by atoms with Crippen LogP contribution < -0.4 is 14.2 Å². The van der Waals surface area contributed by atoms with Crippen LogP contribution in [0.3, 0.4) is 0 Å². The lowest BCUT2D eigenvalue weighted by Gasteiger charge is -2.27. The highest BCUT2D eigenvalue weighted by Gasteiger charge is 2.33. The molecule has 0 unspecified atom stereocenters. The van der Waals surface area contributed by atoms with Crippen molar-refractivity contribution in [3.05, 3.63) is 114 Å². The molecular formula is C41H35NO7. The van der Waals surface area contributed by atoms with Crippen molar-refractivity contribution in [2.75, 3.05) is 33.7 Å². The van der Waals surface area contributed by atoms with E-state index in [1.165, 1.54) is 12.0 Å². The van der Waals surface area contributed by atoms with Crippen LogP contribution in [-0.4, -0.2) is 56.7 Å². The molecule has 0 N–H and O–H groups in total. The number of benzene rings is 6. The molecule has 0 saturated carbocycles. The Morgan fingerprint density at radius 3 is 2.06 bits per heavy atom. The van der Waals surface area contributed by atoms with Crippen molar-refractivity contribution >= 4 is 50.4 Å². The second-order valence-electron chi connectivity index (χ2n) is 11.9. The molecule has 0 atom stereocenters. The van der Waals surface area contributed by atoms with Gasteiger partial charge in [-0.15, -0.1) is 0 Å². The Bertz CT molecular complexity index is 2220. The number of ether oxygens (including phenoxy) is 4. The number of amides is 2. The Kier molecular flexibility index (Phi) is 8.96. The van der Waals surface area contributed by atoms with Gasteiger partial charge in [-0.3, -0.25) is 19.3 Å². The molecule has 1 aliphatic heterocycles. The molecule has 1 heterocycles. The van der Waals surface area contributed by atoms with Crippen LogP contribution in [0.25, 0.3) is 43.4 Å². The molecule has 0 fully saturated rings. The fourth-order valence-corrected chi connectivity index (χ4v) is 6.66. The molecule has 2 amide bonds. The first-order valence-corrected chi connectivity index (χ1v) is 16.4. The first kappa shape index (κ1) is 31.8. The van der Waals surface area contributed by atoms with Gasteiger partial charge in [0.15, 0.2) is 13.1 Å². The highest BCUT2D eigenvalue weighted by Crippen LogP contribution is 2.47. The van der Waals surface area contributed by atoms with Crippen molar-refractivity contribution in [1.29, 1.82) is 0 Å². The van der Waals surface area contributed by atoms with Crippen molar-refractivity contribution in [2.45, 2.75) is 19.8 Å². The molecule has 8 heteroatoms. The number of imide groups is 1. The molecule has 0 aliphatic carbocycles. The number of rotatable bonds is 13. The molecule has 49 heavy (non-hydrogen) atoms. The molecule has 8 nitrogen and oxygen atoms in total. The number of aldehydes is 1. The Balaban J connectivity index is 1.23. The van der Waals surface area contributed by atoms with Crippen molar-refractivity contribution in [3.63, 3.8) is 0 Å². The van der Waals surface area contributed by atoms with Gasteiger partial charge in [-0.25, -0.2) is 0 Å². The van der Waals surface area contributed by atoms with Crippen LogP contribution in [0.4, 0.5) is 0 Å². The van der Waals surface area contributed by atoms with E-state index in [4.69, 9.17) is 18.9 Å². The zero-order valence-electron chi connectivity index (χ0n) is 27.4. The minimum Gasteiger partial charge on any atom is -0.489 e. The highest BCUT2D eigenvalue weighted by atomic mass is 16.7. The standard InChI is InChI=1S/C41H35NO7/c1-3-4-20-42-40(44)32-15-9-14-31-34(19-17-33(36(31)32)41(42)45)47-21-22-48-35-18-16-26-10-5-7-12-29(26)37(35)38-30-13-8-6-11-27(30)23-28(24-43)39(38)49-25-46-2/h5-19,23-24H,3-4,20-22,25H2,1-2H3. The summed E-state index contributed by atoms with van der Waals surface area (Å²) in [4.78, 5) is 40.3. The number of hydrogen-bond donors (Lipinski definition) is 0. The molecule has 6 aromatic carbocycles. The van der Waals surface area contributed by atoms with E-state index in [9.17, 15) is 14.4 Å². The topological polar surface area (TPSA) is 91.4 Å².